The summed E-state index contributed by atoms with van der Waals surface area (Å²) in [6.07, 6.45) is 5.87. The van der Waals surface area contributed by atoms with Crippen molar-refractivity contribution in [2.75, 3.05) is 48.6 Å². The molecule has 0 saturated carbocycles. The van der Waals surface area contributed by atoms with Crippen LogP contribution < -0.4 is 5.32 Å². The van der Waals surface area contributed by atoms with Gasteiger partial charge >= 0.3 is 18.1 Å². The van der Waals surface area contributed by atoms with Crippen molar-refractivity contribution >= 4 is 18.1 Å². The summed E-state index contributed by atoms with van der Waals surface area (Å²) in [4.78, 5) is 0. The van der Waals surface area contributed by atoms with Gasteiger partial charge in [-0.1, -0.05) is 19.8 Å². The van der Waals surface area contributed by atoms with Gasteiger partial charge in [0.2, 0.25) is 0 Å². The van der Waals surface area contributed by atoms with Crippen LogP contribution in [0.2, 0.25) is 11.6 Å². The average Bonchev–Trinajstić information content (AvgIpc) is 2.58. The topological polar surface area (TPSA) is 58.2 Å². The lowest BCUT2D eigenvalue weighted by Gasteiger charge is -2.24. The molecule has 0 rings (SSSR count). The Hall–Kier alpha value is 0.194. The third-order valence-electron chi connectivity index (χ3n) is 4.06. The normalized spacial score (nSPS) is 13.7. The zero-order chi connectivity index (χ0) is 17.6. The molecule has 1 atom stereocenters. The molecule has 6 nitrogen and oxygen atoms in total. The summed E-state index contributed by atoms with van der Waals surface area (Å²) in [6.45, 7) is 4.25. The molecule has 0 spiro atoms. The highest BCUT2D eigenvalue weighted by Gasteiger charge is 2.36. The number of hydrogen-bond donors (Lipinski definition) is 1. The van der Waals surface area contributed by atoms with Crippen molar-refractivity contribution in [2.45, 2.75) is 50.6 Å². The third kappa shape index (κ3) is 9.93. The van der Waals surface area contributed by atoms with Crippen LogP contribution in [-0.2, 0) is 22.1 Å². The fourth-order valence-corrected chi connectivity index (χ4v) is 5.73. The van der Waals surface area contributed by atoms with Gasteiger partial charge in [0, 0.05) is 47.1 Å². The first kappa shape index (κ1) is 23.2. The summed E-state index contributed by atoms with van der Waals surface area (Å²) in [5.74, 6) is 0. The Morgan fingerprint density at radius 3 is 1.91 bits per heavy atom. The number of rotatable bonds is 16. The van der Waals surface area contributed by atoms with Gasteiger partial charge in [-0.2, -0.15) is 0 Å². The largest absolute Gasteiger partial charge is 0.500 e. The Bertz CT molecular complexity index is 258. The van der Waals surface area contributed by atoms with E-state index in [0.29, 0.717) is 5.54 Å². The summed E-state index contributed by atoms with van der Waals surface area (Å²) >= 11 is 0. The second kappa shape index (κ2) is 14.5. The number of nitrogens with one attached hydrogen (secondary N) is 1. The lowest BCUT2D eigenvalue weighted by molar-refractivity contribution is 0.123. The van der Waals surface area contributed by atoms with Crippen LogP contribution in [0.15, 0.2) is 0 Å². The van der Waals surface area contributed by atoms with E-state index in [4.69, 9.17) is 22.1 Å². The average molecular weight is 367 g/mol. The summed E-state index contributed by atoms with van der Waals surface area (Å²) in [7, 11) is 5.00. The molecule has 0 bridgehead atoms. The van der Waals surface area contributed by atoms with E-state index in [1.807, 2.05) is 0 Å². The summed E-state index contributed by atoms with van der Waals surface area (Å²) in [5.41, 5.74) is 0.540. The highest BCUT2D eigenvalue weighted by molar-refractivity contribution is 6.60. The van der Waals surface area contributed by atoms with Crippen LogP contribution in [0.25, 0.3) is 0 Å². The number of hydrogen-bond acceptors (Lipinski definition) is 6. The monoisotopic (exact) mass is 366 g/mol. The van der Waals surface area contributed by atoms with E-state index in [1.165, 1.54) is 25.7 Å². The molecular formula is C15H36NO5Si2. The van der Waals surface area contributed by atoms with Gasteiger partial charge in [-0.3, -0.25) is 0 Å². The lowest BCUT2D eigenvalue weighted by atomic mass is 10.1. The molecule has 0 aliphatic carbocycles. The molecule has 1 radical (unpaired) electrons. The summed E-state index contributed by atoms with van der Waals surface area (Å²) in [5, 5.41) is 3.48. The van der Waals surface area contributed by atoms with E-state index in [9.17, 15) is 0 Å². The summed E-state index contributed by atoms with van der Waals surface area (Å²) in [6, 6.07) is 0.847. The zero-order valence-electron chi connectivity index (χ0n) is 15.8. The minimum Gasteiger partial charge on any atom is -0.397 e. The minimum atomic E-state index is -2.39. The highest BCUT2D eigenvalue weighted by atomic mass is 28.4. The van der Waals surface area contributed by atoms with Crippen molar-refractivity contribution in [2.24, 2.45) is 0 Å². The van der Waals surface area contributed by atoms with E-state index in [0.717, 1.165) is 25.6 Å². The van der Waals surface area contributed by atoms with Crippen LogP contribution in [0.1, 0.15) is 39.0 Å². The van der Waals surface area contributed by atoms with Crippen molar-refractivity contribution in [3.8, 4) is 0 Å². The van der Waals surface area contributed by atoms with E-state index in [2.05, 4.69) is 12.2 Å². The molecule has 0 saturated heterocycles. The van der Waals surface area contributed by atoms with Crippen LogP contribution in [-0.4, -0.2) is 66.7 Å². The Kier molecular flexibility index (Phi) is 14.7. The minimum absolute atomic E-state index is 0.540. The maximum Gasteiger partial charge on any atom is 0.500 e. The first-order chi connectivity index (χ1) is 11.1. The van der Waals surface area contributed by atoms with Gasteiger partial charge < -0.3 is 27.4 Å². The van der Waals surface area contributed by atoms with E-state index < -0.39 is 18.1 Å². The SMILES string of the molecule is CO[Si](OC)C(C)CCCCCNCCC[Si](OC)(OC)OC. The zero-order valence-corrected chi connectivity index (χ0v) is 17.8. The molecule has 139 valence electrons. The number of unbranched alkanes of at least 4 members (excludes halogenated alkanes) is 2. The predicted molar refractivity (Wildman–Crippen MR) is 96.7 cm³/mol. The molecule has 0 fully saturated rings. The second-order valence-corrected chi connectivity index (χ2v) is 11.2. The molecule has 0 heterocycles. The van der Waals surface area contributed by atoms with Crippen molar-refractivity contribution < 1.29 is 22.1 Å². The molecule has 0 aliphatic rings. The molecule has 0 aromatic heterocycles. The molecule has 23 heavy (non-hydrogen) atoms. The maximum atomic E-state index is 5.40. The van der Waals surface area contributed by atoms with Gasteiger partial charge in [-0.25, -0.2) is 0 Å². The van der Waals surface area contributed by atoms with E-state index in [-0.39, 0.29) is 0 Å². The van der Waals surface area contributed by atoms with Crippen molar-refractivity contribution in [1.29, 1.82) is 0 Å². The Morgan fingerprint density at radius 1 is 0.826 bits per heavy atom. The van der Waals surface area contributed by atoms with Crippen LogP contribution in [0.5, 0.6) is 0 Å². The van der Waals surface area contributed by atoms with Gasteiger partial charge in [-0.05, 0) is 32.4 Å². The quantitative estimate of drug-likeness (QED) is 0.335. The Morgan fingerprint density at radius 2 is 1.39 bits per heavy atom. The molecule has 0 amide bonds. The molecule has 8 heteroatoms. The predicted octanol–water partition coefficient (Wildman–Crippen LogP) is 2.58. The second-order valence-electron chi connectivity index (χ2n) is 5.63. The van der Waals surface area contributed by atoms with Crippen molar-refractivity contribution in [3.63, 3.8) is 0 Å². The summed E-state index contributed by atoms with van der Waals surface area (Å²) < 4.78 is 27.0. The first-order valence-electron chi connectivity index (χ1n) is 8.40. The van der Waals surface area contributed by atoms with Gasteiger partial charge in [-0.15, -0.1) is 0 Å². The van der Waals surface area contributed by atoms with E-state index in [1.54, 1.807) is 35.5 Å². The van der Waals surface area contributed by atoms with Gasteiger partial charge in [0.1, 0.15) is 0 Å². The molecule has 1 unspecified atom stereocenters. The third-order valence-corrected chi connectivity index (χ3v) is 8.80. The Labute approximate surface area is 145 Å². The van der Waals surface area contributed by atoms with Crippen LogP contribution >= 0.6 is 0 Å². The standard InChI is InChI=1S/C15H36NO5Si2/c1-15(22(17-2)18-3)11-8-7-9-12-16-13-10-14-23(19-4,20-5)21-6/h15-16H,7-14H2,1-6H3. The van der Waals surface area contributed by atoms with Crippen LogP contribution in [0.4, 0.5) is 0 Å². The highest BCUT2D eigenvalue weighted by Crippen LogP contribution is 2.19. The van der Waals surface area contributed by atoms with E-state index >= 15 is 0 Å². The molecule has 0 aromatic carbocycles. The fraction of sp³-hybridized carbons (Fsp3) is 1.00. The fourth-order valence-electron chi connectivity index (χ4n) is 2.59. The molecular weight excluding hydrogens is 330 g/mol. The maximum absolute atomic E-state index is 5.40. The van der Waals surface area contributed by atoms with Crippen LogP contribution in [0, 0.1) is 0 Å². The Balaban J connectivity index is 3.53. The molecule has 0 aliphatic heterocycles. The smallest absolute Gasteiger partial charge is 0.397 e. The van der Waals surface area contributed by atoms with Crippen LogP contribution in [0.3, 0.4) is 0 Å². The molecule has 0 aromatic rings. The first-order valence-corrected chi connectivity index (χ1v) is 11.7. The van der Waals surface area contributed by atoms with Crippen molar-refractivity contribution in [1.82, 2.24) is 5.32 Å². The van der Waals surface area contributed by atoms with Crippen molar-refractivity contribution in [3.05, 3.63) is 0 Å². The lowest BCUT2D eigenvalue weighted by Crippen LogP contribution is -2.43. The molecule has 1 N–H and O–H groups in total. The van der Waals surface area contributed by atoms with Gasteiger partial charge in [0.05, 0.1) is 0 Å². The van der Waals surface area contributed by atoms with Gasteiger partial charge in [0.25, 0.3) is 0 Å². The van der Waals surface area contributed by atoms with Gasteiger partial charge in [0.15, 0.2) is 0 Å².